The number of benzene rings is 1. The Balaban J connectivity index is 2.03. The van der Waals surface area contributed by atoms with Crippen LogP contribution in [-0.2, 0) is 16.1 Å². The van der Waals surface area contributed by atoms with Crippen LogP contribution >= 0.6 is 0 Å². The molecule has 0 atom stereocenters. The maximum Gasteiger partial charge on any atom is 0.239 e. The Labute approximate surface area is 119 Å². The number of hydrogen-bond acceptors (Lipinski definition) is 3. The lowest BCUT2D eigenvalue weighted by atomic mass is 10.1. The zero-order chi connectivity index (χ0) is 14.8. The number of nitrogens with two attached hydrogens (primary N) is 1. The van der Waals surface area contributed by atoms with Crippen molar-refractivity contribution in [2.45, 2.75) is 38.8 Å². The van der Waals surface area contributed by atoms with Crippen LogP contribution in [-0.4, -0.2) is 23.9 Å². The van der Waals surface area contributed by atoms with Crippen molar-refractivity contribution >= 4 is 17.5 Å². The van der Waals surface area contributed by atoms with Gasteiger partial charge in [-0.25, -0.2) is 0 Å². The first kappa shape index (κ1) is 14.5. The number of anilines is 1. The number of rotatable bonds is 4. The minimum Gasteiger partial charge on any atom is -0.350 e. The third kappa shape index (κ3) is 3.36. The molecule has 5 heteroatoms. The molecule has 3 N–H and O–H groups in total. The van der Waals surface area contributed by atoms with E-state index in [1.807, 2.05) is 24.3 Å². The summed E-state index contributed by atoms with van der Waals surface area (Å²) in [4.78, 5) is 25.2. The molecule has 1 saturated heterocycles. The van der Waals surface area contributed by atoms with Crippen LogP contribution < -0.4 is 16.0 Å². The first-order chi connectivity index (χ1) is 9.38. The molecule has 0 bridgehead atoms. The van der Waals surface area contributed by atoms with Gasteiger partial charge in [-0.2, -0.15) is 0 Å². The summed E-state index contributed by atoms with van der Waals surface area (Å²) in [5.41, 5.74) is 6.69. The molecule has 0 aromatic heterocycles. The highest BCUT2D eigenvalue weighted by molar-refractivity contribution is 5.95. The van der Waals surface area contributed by atoms with Gasteiger partial charge < -0.3 is 16.0 Å². The lowest BCUT2D eigenvalue weighted by molar-refractivity contribution is -0.125. The summed E-state index contributed by atoms with van der Waals surface area (Å²) in [5.74, 6) is -0.0329. The molecule has 1 aliphatic heterocycles. The zero-order valence-corrected chi connectivity index (χ0v) is 12.0. The SMILES string of the molecule is CC(C)(N)C(=O)NCc1cccc(N2CCCC2=O)c1. The van der Waals surface area contributed by atoms with E-state index in [9.17, 15) is 9.59 Å². The second-order valence-corrected chi connectivity index (χ2v) is 5.72. The van der Waals surface area contributed by atoms with Crippen LogP contribution in [0, 0.1) is 0 Å². The Morgan fingerprint density at radius 2 is 2.20 bits per heavy atom. The maximum absolute atomic E-state index is 11.7. The molecule has 2 amide bonds. The van der Waals surface area contributed by atoms with Crippen molar-refractivity contribution in [3.8, 4) is 0 Å². The van der Waals surface area contributed by atoms with Crippen LogP contribution in [0.15, 0.2) is 24.3 Å². The second-order valence-electron chi connectivity index (χ2n) is 5.72. The van der Waals surface area contributed by atoms with Crippen molar-refractivity contribution in [3.05, 3.63) is 29.8 Å². The van der Waals surface area contributed by atoms with Gasteiger partial charge in [-0.1, -0.05) is 12.1 Å². The van der Waals surface area contributed by atoms with E-state index >= 15 is 0 Å². The molecule has 0 radical (unpaired) electrons. The molecule has 1 aromatic carbocycles. The summed E-state index contributed by atoms with van der Waals surface area (Å²) in [5, 5.41) is 2.80. The van der Waals surface area contributed by atoms with Crippen molar-refractivity contribution in [1.82, 2.24) is 5.32 Å². The molecule has 0 spiro atoms. The lowest BCUT2D eigenvalue weighted by Crippen LogP contribution is -2.48. The van der Waals surface area contributed by atoms with Crippen LogP contribution in [0.5, 0.6) is 0 Å². The van der Waals surface area contributed by atoms with Gasteiger partial charge in [0, 0.05) is 25.2 Å². The largest absolute Gasteiger partial charge is 0.350 e. The number of hydrogen-bond donors (Lipinski definition) is 2. The fraction of sp³-hybridized carbons (Fsp3) is 0.467. The van der Waals surface area contributed by atoms with Crippen LogP contribution in [0.2, 0.25) is 0 Å². The molecule has 1 aromatic rings. The molecule has 0 aliphatic carbocycles. The number of nitrogens with one attached hydrogen (secondary N) is 1. The molecule has 0 unspecified atom stereocenters. The van der Waals surface area contributed by atoms with Crippen molar-refractivity contribution in [2.24, 2.45) is 5.73 Å². The number of carbonyl (C=O) groups is 2. The highest BCUT2D eigenvalue weighted by atomic mass is 16.2. The smallest absolute Gasteiger partial charge is 0.239 e. The van der Waals surface area contributed by atoms with Crippen molar-refractivity contribution < 1.29 is 9.59 Å². The van der Waals surface area contributed by atoms with E-state index < -0.39 is 5.54 Å². The molecular formula is C15H21N3O2. The first-order valence-electron chi connectivity index (χ1n) is 6.84. The van der Waals surface area contributed by atoms with Gasteiger partial charge in [0.05, 0.1) is 5.54 Å². The van der Waals surface area contributed by atoms with Crippen LogP contribution in [0.1, 0.15) is 32.3 Å². The average molecular weight is 275 g/mol. The van der Waals surface area contributed by atoms with Gasteiger partial charge in [-0.05, 0) is 38.0 Å². The fourth-order valence-electron chi connectivity index (χ4n) is 2.17. The molecule has 5 nitrogen and oxygen atoms in total. The maximum atomic E-state index is 11.7. The Bertz CT molecular complexity index is 520. The van der Waals surface area contributed by atoms with Gasteiger partial charge in [0.2, 0.25) is 11.8 Å². The van der Waals surface area contributed by atoms with Crippen molar-refractivity contribution in [3.63, 3.8) is 0 Å². The molecule has 1 aliphatic rings. The fourth-order valence-corrected chi connectivity index (χ4v) is 2.17. The number of carbonyl (C=O) groups excluding carboxylic acids is 2. The first-order valence-corrected chi connectivity index (χ1v) is 6.84. The van der Waals surface area contributed by atoms with Crippen LogP contribution in [0.25, 0.3) is 0 Å². The summed E-state index contributed by atoms with van der Waals surface area (Å²) >= 11 is 0. The predicted molar refractivity (Wildman–Crippen MR) is 78.1 cm³/mol. The molecule has 108 valence electrons. The van der Waals surface area contributed by atoms with Gasteiger partial charge in [0.25, 0.3) is 0 Å². The molecule has 2 rings (SSSR count). The minimum absolute atomic E-state index is 0.161. The van der Waals surface area contributed by atoms with Crippen LogP contribution in [0.3, 0.4) is 0 Å². The van der Waals surface area contributed by atoms with Crippen molar-refractivity contribution in [1.29, 1.82) is 0 Å². The topological polar surface area (TPSA) is 75.4 Å². The Kier molecular flexibility index (Phi) is 4.09. The van der Waals surface area contributed by atoms with Gasteiger partial charge in [0.1, 0.15) is 0 Å². The quantitative estimate of drug-likeness (QED) is 0.866. The molecule has 1 fully saturated rings. The van der Waals surface area contributed by atoms with Gasteiger partial charge in [-0.3, -0.25) is 9.59 Å². The lowest BCUT2D eigenvalue weighted by Gasteiger charge is -2.19. The Morgan fingerprint density at radius 1 is 1.45 bits per heavy atom. The standard InChI is InChI=1S/C15H21N3O2/c1-15(2,16)14(20)17-10-11-5-3-6-12(9-11)18-8-4-7-13(18)19/h3,5-6,9H,4,7-8,10,16H2,1-2H3,(H,17,20). The summed E-state index contributed by atoms with van der Waals surface area (Å²) in [6.07, 6.45) is 1.52. The monoisotopic (exact) mass is 275 g/mol. The number of nitrogens with zero attached hydrogens (tertiary/aromatic N) is 1. The van der Waals surface area contributed by atoms with Gasteiger partial charge in [0.15, 0.2) is 0 Å². The van der Waals surface area contributed by atoms with E-state index in [1.54, 1.807) is 18.7 Å². The van der Waals surface area contributed by atoms with E-state index in [1.165, 1.54) is 0 Å². The second kappa shape index (κ2) is 5.63. The van der Waals surface area contributed by atoms with E-state index in [2.05, 4.69) is 5.32 Å². The van der Waals surface area contributed by atoms with E-state index in [0.29, 0.717) is 13.0 Å². The highest BCUT2D eigenvalue weighted by Gasteiger charge is 2.23. The summed E-state index contributed by atoms with van der Waals surface area (Å²) in [6, 6.07) is 7.68. The molecule has 0 saturated carbocycles. The molecule has 20 heavy (non-hydrogen) atoms. The van der Waals surface area contributed by atoms with Gasteiger partial charge in [-0.15, -0.1) is 0 Å². The van der Waals surface area contributed by atoms with Crippen LogP contribution in [0.4, 0.5) is 5.69 Å². The normalized spacial score (nSPS) is 15.6. The van der Waals surface area contributed by atoms with Crippen molar-refractivity contribution in [2.75, 3.05) is 11.4 Å². The summed E-state index contributed by atoms with van der Waals surface area (Å²) in [6.45, 7) is 4.52. The van der Waals surface area contributed by atoms with E-state index in [0.717, 1.165) is 24.2 Å². The zero-order valence-electron chi connectivity index (χ0n) is 12.0. The molecule has 1 heterocycles. The van der Waals surface area contributed by atoms with E-state index in [4.69, 9.17) is 5.73 Å². The average Bonchev–Trinajstić information content (AvgIpc) is 2.81. The minimum atomic E-state index is -0.886. The molecular weight excluding hydrogens is 254 g/mol. The summed E-state index contributed by atoms with van der Waals surface area (Å²) in [7, 11) is 0. The third-order valence-corrected chi connectivity index (χ3v) is 3.33. The Hall–Kier alpha value is -1.88. The summed E-state index contributed by atoms with van der Waals surface area (Å²) < 4.78 is 0. The van der Waals surface area contributed by atoms with Gasteiger partial charge >= 0.3 is 0 Å². The highest BCUT2D eigenvalue weighted by Crippen LogP contribution is 2.22. The van der Waals surface area contributed by atoms with E-state index in [-0.39, 0.29) is 11.8 Å². The number of amides is 2. The predicted octanol–water partition coefficient (Wildman–Crippen LogP) is 1.17. The third-order valence-electron chi connectivity index (χ3n) is 3.33. The Morgan fingerprint density at radius 3 is 2.80 bits per heavy atom.